The highest BCUT2D eigenvalue weighted by atomic mass is 16.6. The number of ether oxygens (including phenoxy) is 1. The SMILES string of the molecule is CCOc1cccc(N(CC(=O)O)C(C)CC)c1[N+](=O)[O-]. The highest BCUT2D eigenvalue weighted by molar-refractivity contribution is 5.78. The van der Waals surface area contributed by atoms with Crippen LogP contribution in [-0.4, -0.2) is 35.2 Å². The van der Waals surface area contributed by atoms with E-state index in [1.54, 1.807) is 19.1 Å². The van der Waals surface area contributed by atoms with E-state index in [4.69, 9.17) is 9.84 Å². The number of carbonyl (C=O) groups is 1. The second-order valence-corrected chi connectivity index (χ2v) is 4.59. The molecule has 7 nitrogen and oxygen atoms in total. The fourth-order valence-corrected chi connectivity index (χ4v) is 2.04. The Kier molecular flexibility index (Phi) is 5.95. The van der Waals surface area contributed by atoms with Crippen molar-refractivity contribution in [2.75, 3.05) is 18.1 Å². The number of rotatable bonds is 8. The fourth-order valence-electron chi connectivity index (χ4n) is 2.04. The molecule has 1 unspecified atom stereocenters. The molecule has 0 saturated heterocycles. The van der Waals surface area contributed by atoms with Crippen LogP contribution < -0.4 is 9.64 Å². The minimum Gasteiger partial charge on any atom is -0.487 e. The third kappa shape index (κ3) is 4.08. The van der Waals surface area contributed by atoms with Crippen molar-refractivity contribution < 1.29 is 19.6 Å². The summed E-state index contributed by atoms with van der Waals surface area (Å²) in [7, 11) is 0. The van der Waals surface area contributed by atoms with Gasteiger partial charge in [-0.2, -0.15) is 0 Å². The van der Waals surface area contributed by atoms with Gasteiger partial charge in [-0.3, -0.25) is 14.9 Å². The first-order valence-electron chi connectivity index (χ1n) is 6.80. The zero-order valence-corrected chi connectivity index (χ0v) is 12.4. The van der Waals surface area contributed by atoms with E-state index in [0.717, 1.165) is 0 Å². The molecule has 0 heterocycles. The predicted octanol–water partition coefficient (Wildman–Crippen LogP) is 2.68. The van der Waals surface area contributed by atoms with E-state index in [9.17, 15) is 14.9 Å². The molecule has 0 spiro atoms. The van der Waals surface area contributed by atoms with Gasteiger partial charge in [0.05, 0.1) is 11.5 Å². The van der Waals surface area contributed by atoms with E-state index in [-0.39, 0.29) is 29.7 Å². The summed E-state index contributed by atoms with van der Waals surface area (Å²) < 4.78 is 5.29. The van der Waals surface area contributed by atoms with Crippen LogP contribution in [0, 0.1) is 10.1 Å². The largest absolute Gasteiger partial charge is 0.487 e. The van der Waals surface area contributed by atoms with Gasteiger partial charge in [-0.25, -0.2) is 0 Å². The smallest absolute Gasteiger partial charge is 0.333 e. The Morgan fingerprint density at radius 3 is 2.62 bits per heavy atom. The molecule has 0 fully saturated rings. The summed E-state index contributed by atoms with van der Waals surface area (Å²) in [5.41, 5.74) is 0.0728. The van der Waals surface area contributed by atoms with E-state index in [1.165, 1.54) is 11.0 Å². The number of nitrogens with zero attached hydrogens (tertiary/aromatic N) is 2. The minimum atomic E-state index is -1.04. The highest BCUT2D eigenvalue weighted by Crippen LogP contribution is 2.38. The summed E-state index contributed by atoms with van der Waals surface area (Å²) in [5, 5.41) is 20.4. The molecule has 1 N–H and O–H groups in total. The lowest BCUT2D eigenvalue weighted by atomic mass is 10.1. The Morgan fingerprint density at radius 2 is 2.14 bits per heavy atom. The van der Waals surface area contributed by atoms with Gasteiger partial charge in [0.2, 0.25) is 0 Å². The molecular formula is C14H20N2O5. The monoisotopic (exact) mass is 296 g/mol. The molecule has 0 aliphatic heterocycles. The van der Waals surface area contributed by atoms with E-state index < -0.39 is 10.9 Å². The quantitative estimate of drug-likeness (QED) is 0.585. The predicted molar refractivity (Wildman–Crippen MR) is 79.0 cm³/mol. The number of anilines is 1. The third-order valence-electron chi connectivity index (χ3n) is 3.20. The molecule has 116 valence electrons. The number of nitro groups is 1. The maximum absolute atomic E-state index is 11.4. The van der Waals surface area contributed by atoms with Gasteiger partial charge >= 0.3 is 11.7 Å². The molecule has 21 heavy (non-hydrogen) atoms. The Morgan fingerprint density at radius 1 is 1.48 bits per heavy atom. The van der Waals surface area contributed by atoms with Gasteiger partial charge in [0, 0.05) is 6.04 Å². The van der Waals surface area contributed by atoms with Gasteiger partial charge in [-0.1, -0.05) is 13.0 Å². The number of aliphatic carboxylic acids is 1. The summed E-state index contributed by atoms with van der Waals surface area (Å²) in [5.74, 6) is -0.884. The Hall–Kier alpha value is -2.31. The Labute approximate surface area is 123 Å². The average Bonchev–Trinajstić information content (AvgIpc) is 2.43. The second kappa shape index (κ2) is 7.47. The van der Waals surface area contributed by atoms with Crippen LogP contribution in [0.25, 0.3) is 0 Å². The summed E-state index contributed by atoms with van der Waals surface area (Å²) in [6.45, 7) is 5.47. The Bertz CT molecular complexity index is 518. The van der Waals surface area contributed by atoms with Gasteiger partial charge in [0.15, 0.2) is 5.75 Å². The highest BCUT2D eigenvalue weighted by Gasteiger charge is 2.28. The number of nitro benzene ring substituents is 1. The standard InChI is InChI=1S/C14H20N2O5/c1-4-10(3)15(9-13(17)18)11-7-6-8-12(21-5-2)14(11)16(19)20/h6-8,10H,4-5,9H2,1-3H3,(H,17,18). The maximum atomic E-state index is 11.4. The first kappa shape index (κ1) is 16.7. The molecule has 1 aromatic rings. The molecule has 0 saturated carbocycles. The molecule has 0 bridgehead atoms. The van der Waals surface area contributed by atoms with Crippen molar-refractivity contribution in [1.82, 2.24) is 0 Å². The molecule has 0 aliphatic rings. The van der Waals surface area contributed by atoms with Crippen LogP contribution in [0.4, 0.5) is 11.4 Å². The van der Waals surface area contributed by atoms with Crippen LogP contribution in [-0.2, 0) is 4.79 Å². The number of hydrogen-bond donors (Lipinski definition) is 1. The maximum Gasteiger partial charge on any atom is 0.333 e. The zero-order chi connectivity index (χ0) is 16.0. The van der Waals surface area contributed by atoms with Crippen molar-refractivity contribution in [2.45, 2.75) is 33.2 Å². The van der Waals surface area contributed by atoms with Crippen molar-refractivity contribution in [1.29, 1.82) is 0 Å². The number of hydrogen-bond acceptors (Lipinski definition) is 5. The van der Waals surface area contributed by atoms with E-state index >= 15 is 0 Å². The van der Waals surface area contributed by atoms with Gasteiger partial charge in [-0.15, -0.1) is 0 Å². The Balaban J connectivity index is 3.38. The van der Waals surface area contributed by atoms with Crippen molar-refractivity contribution in [3.8, 4) is 5.75 Å². The van der Waals surface area contributed by atoms with Gasteiger partial charge in [-0.05, 0) is 32.4 Å². The molecule has 1 aromatic carbocycles. The van der Waals surface area contributed by atoms with Crippen molar-refractivity contribution in [3.05, 3.63) is 28.3 Å². The van der Waals surface area contributed by atoms with Crippen LogP contribution >= 0.6 is 0 Å². The molecular weight excluding hydrogens is 276 g/mol. The molecule has 7 heteroatoms. The first-order chi connectivity index (χ1) is 9.92. The lowest BCUT2D eigenvalue weighted by Gasteiger charge is -2.29. The molecule has 0 radical (unpaired) electrons. The summed E-state index contributed by atoms with van der Waals surface area (Å²) in [6.07, 6.45) is 0.670. The van der Waals surface area contributed by atoms with Gasteiger partial charge in [0.25, 0.3) is 0 Å². The number of benzene rings is 1. The fraction of sp³-hybridized carbons (Fsp3) is 0.500. The topological polar surface area (TPSA) is 92.9 Å². The van der Waals surface area contributed by atoms with Crippen LogP contribution in [0.3, 0.4) is 0 Å². The van der Waals surface area contributed by atoms with E-state index in [0.29, 0.717) is 13.0 Å². The molecule has 1 atom stereocenters. The molecule has 0 aromatic heterocycles. The molecule has 1 rings (SSSR count). The van der Waals surface area contributed by atoms with Crippen molar-refractivity contribution >= 4 is 17.3 Å². The van der Waals surface area contributed by atoms with Gasteiger partial charge < -0.3 is 14.7 Å². The van der Waals surface area contributed by atoms with Gasteiger partial charge in [0.1, 0.15) is 12.2 Å². The number of para-hydroxylation sites is 1. The normalized spacial score (nSPS) is 11.8. The third-order valence-corrected chi connectivity index (χ3v) is 3.20. The lowest BCUT2D eigenvalue weighted by molar-refractivity contribution is -0.385. The lowest BCUT2D eigenvalue weighted by Crippen LogP contribution is -2.37. The van der Waals surface area contributed by atoms with Crippen LogP contribution in [0.1, 0.15) is 27.2 Å². The molecule has 0 aliphatic carbocycles. The van der Waals surface area contributed by atoms with E-state index in [1.807, 2.05) is 13.8 Å². The second-order valence-electron chi connectivity index (χ2n) is 4.59. The van der Waals surface area contributed by atoms with Crippen molar-refractivity contribution in [3.63, 3.8) is 0 Å². The minimum absolute atomic E-state index is 0.142. The summed E-state index contributed by atoms with van der Waals surface area (Å²) in [4.78, 5) is 23.4. The van der Waals surface area contributed by atoms with Crippen molar-refractivity contribution in [2.24, 2.45) is 0 Å². The van der Waals surface area contributed by atoms with Crippen LogP contribution in [0.15, 0.2) is 18.2 Å². The summed E-state index contributed by atoms with van der Waals surface area (Å²) in [6, 6.07) is 4.55. The van der Waals surface area contributed by atoms with Crippen LogP contribution in [0.2, 0.25) is 0 Å². The first-order valence-corrected chi connectivity index (χ1v) is 6.80. The molecule has 0 amide bonds. The zero-order valence-electron chi connectivity index (χ0n) is 12.4. The number of carboxylic acids is 1. The summed E-state index contributed by atoms with van der Waals surface area (Å²) >= 11 is 0. The average molecular weight is 296 g/mol. The number of carboxylic acid groups (broad SMARTS) is 1. The van der Waals surface area contributed by atoms with Crippen LogP contribution in [0.5, 0.6) is 5.75 Å². The van der Waals surface area contributed by atoms with E-state index in [2.05, 4.69) is 0 Å².